The Hall–Kier alpha value is -0.860. The average molecular weight is 393 g/mol. The van der Waals surface area contributed by atoms with Crippen molar-refractivity contribution in [3.8, 4) is 5.75 Å². The third kappa shape index (κ3) is 6.42. The molecule has 0 unspecified atom stereocenters. The smallest absolute Gasteiger partial charge is 0.243 e. The number of benzene rings is 1. The minimum absolute atomic E-state index is 0. The van der Waals surface area contributed by atoms with Crippen molar-refractivity contribution >= 4 is 22.4 Å². The van der Waals surface area contributed by atoms with E-state index >= 15 is 0 Å². The highest BCUT2D eigenvalue weighted by atomic mass is 35.5. The summed E-state index contributed by atoms with van der Waals surface area (Å²) in [6.07, 6.45) is 2.47. The van der Waals surface area contributed by atoms with E-state index in [1.165, 1.54) is 4.31 Å². The van der Waals surface area contributed by atoms with Crippen molar-refractivity contribution in [3.05, 3.63) is 24.3 Å². The molecule has 6 nitrogen and oxygen atoms in total. The number of sulfonamides is 1. The van der Waals surface area contributed by atoms with Crippen LogP contribution in [0.25, 0.3) is 0 Å². The van der Waals surface area contributed by atoms with E-state index in [0.29, 0.717) is 36.9 Å². The van der Waals surface area contributed by atoms with Gasteiger partial charge in [0.25, 0.3) is 0 Å². The van der Waals surface area contributed by atoms with Crippen molar-refractivity contribution < 1.29 is 17.9 Å². The molecule has 0 aromatic heterocycles. The summed E-state index contributed by atoms with van der Waals surface area (Å²) in [6.45, 7) is 6.10. The Morgan fingerprint density at radius 1 is 1.20 bits per heavy atom. The molecule has 2 N–H and O–H groups in total. The molecule has 1 aliphatic heterocycles. The second-order valence-electron chi connectivity index (χ2n) is 6.25. The van der Waals surface area contributed by atoms with Crippen molar-refractivity contribution in [1.29, 1.82) is 0 Å². The summed E-state index contributed by atoms with van der Waals surface area (Å²) in [5.41, 5.74) is 5.45. The number of nitrogens with zero attached hydrogens (tertiary/aromatic N) is 1. The Labute approximate surface area is 157 Å². The van der Waals surface area contributed by atoms with Crippen LogP contribution in [0.2, 0.25) is 0 Å². The van der Waals surface area contributed by atoms with E-state index < -0.39 is 10.0 Å². The zero-order valence-corrected chi connectivity index (χ0v) is 16.5. The molecule has 1 aliphatic rings. The van der Waals surface area contributed by atoms with Gasteiger partial charge in [0.2, 0.25) is 10.0 Å². The van der Waals surface area contributed by atoms with Gasteiger partial charge >= 0.3 is 0 Å². The fourth-order valence-corrected chi connectivity index (χ4v) is 4.15. The van der Waals surface area contributed by atoms with Crippen molar-refractivity contribution in [2.45, 2.75) is 50.2 Å². The van der Waals surface area contributed by atoms with Crippen LogP contribution in [-0.4, -0.2) is 51.2 Å². The van der Waals surface area contributed by atoms with Crippen molar-refractivity contribution in [2.24, 2.45) is 5.73 Å². The lowest BCUT2D eigenvalue weighted by Crippen LogP contribution is -2.40. The Kier molecular flexibility index (Phi) is 9.16. The third-order valence-electron chi connectivity index (χ3n) is 3.94. The Bertz CT molecular complexity index is 600. The maximum Gasteiger partial charge on any atom is 0.243 e. The van der Waals surface area contributed by atoms with Gasteiger partial charge in [-0.1, -0.05) is 0 Å². The van der Waals surface area contributed by atoms with E-state index in [1.54, 1.807) is 24.3 Å². The summed E-state index contributed by atoms with van der Waals surface area (Å²) in [5, 5.41) is 0. The molecule has 2 rings (SSSR count). The average Bonchev–Trinajstić information content (AvgIpc) is 2.55. The number of ether oxygens (including phenoxy) is 2. The predicted molar refractivity (Wildman–Crippen MR) is 101 cm³/mol. The van der Waals surface area contributed by atoms with E-state index in [-0.39, 0.29) is 24.6 Å². The third-order valence-corrected chi connectivity index (χ3v) is 5.85. The lowest BCUT2D eigenvalue weighted by molar-refractivity contribution is 0.0209. The van der Waals surface area contributed by atoms with Gasteiger partial charge in [-0.2, -0.15) is 4.31 Å². The van der Waals surface area contributed by atoms with Crippen LogP contribution in [0.1, 0.15) is 33.1 Å². The molecule has 0 bridgehead atoms. The first-order valence-electron chi connectivity index (χ1n) is 8.52. The highest BCUT2D eigenvalue weighted by Crippen LogP contribution is 2.24. The molecule has 1 aromatic carbocycles. The van der Waals surface area contributed by atoms with Gasteiger partial charge in [0, 0.05) is 19.7 Å². The maximum atomic E-state index is 12.7. The Morgan fingerprint density at radius 3 is 2.32 bits per heavy atom. The second kappa shape index (κ2) is 10.3. The summed E-state index contributed by atoms with van der Waals surface area (Å²) in [4.78, 5) is 0.307. The molecule has 1 aromatic rings. The highest BCUT2D eigenvalue weighted by Gasteiger charge is 2.29. The fraction of sp³-hybridized carbons (Fsp3) is 0.647. The second-order valence-corrected chi connectivity index (χ2v) is 8.19. The number of nitrogens with two attached hydrogens (primary N) is 1. The molecule has 1 saturated heterocycles. The molecule has 25 heavy (non-hydrogen) atoms. The van der Waals surface area contributed by atoms with Gasteiger partial charge in [-0.15, -0.1) is 12.4 Å². The number of hydrogen-bond acceptors (Lipinski definition) is 5. The number of hydrogen-bond donors (Lipinski definition) is 1. The quantitative estimate of drug-likeness (QED) is 0.687. The summed E-state index contributed by atoms with van der Waals surface area (Å²) in [5.74, 6) is 0.677. The number of rotatable bonds is 8. The molecule has 0 saturated carbocycles. The van der Waals surface area contributed by atoms with Gasteiger partial charge in [-0.3, -0.25) is 0 Å². The topological polar surface area (TPSA) is 81.9 Å². The SMILES string of the molecule is CC(C)Oc1ccc(S(=O)(=O)N2CCC(OCCCN)CC2)cc1.Cl. The molecule has 0 aliphatic carbocycles. The van der Waals surface area contributed by atoms with E-state index in [2.05, 4.69) is 0 Å². The number of halogens is 1. The first kappa shape index (κ1) is 22.2. The molecule has 1 heterocycles. The predicted octanol–water partition coefficient (Wildman–Crippen LogP) is 2.41. The van der Waals surface area contributed by atoms with Gasteiger partial charge in [-0.05, 0) is 63.9 Å². The van der Waals surface area contributed by atoms with Crippen LogP contribution in [0, 0.1) is 0 Å². The first-order valence-corrected chi connectivity index (χ1v) is 9.96. The number of piperidine rings is 1. The highest BCUT2D eigenvalue weighted by molar-refractivity contribution is 7.89. The van der Waals surface area contributed by atoms with Crippen LogP contribution in [0.5, 0.6) is 5.75 Å². The molecule has 0 spiro atoms. The summed E-state index contributed by atoms with van der Waals surface area (Å²) in [6, 6.07) is 6.62. The standard InChI is InChI=1S/C17H28N2O4S.ClH/c1-14(2)23-16-4-6-17(7-5-16)24(20,21)19-11-8-15(9-12-19)22-13-3-10-18;/h4-7,14-15H,3,8-13,18H2,1-2H3;1H. The van der Waals surface area contributed by atoms with E-state index in [1.807, 2.05) is 13.8 Å². The lowest BCUT2D eigenvalue weighted by Gasteiger charge is -2.31. The van der Waals surface area contributed by atoms with Crippen molar-refractivity contribution in [3.63, 3.8) is 0 Å². The fourth-order valence-electron chi connectivity index (χ4n) is 2.68. The van der Waals surface area contributed by atoms with Crippen LogP contribution in [0.3, 0.4) is 0 Å². The largest absolute Gasteiger partial charge is 0.491 e. The van der Waals surface area contributed by atoms with Gasteiger partial charge in [0.1, 0.15) is 5.75 Å². The molecule has 8 heteroatoms. The van der Waals surface area contributed by atoms with E-state index in [9.17, 15) is 8.42 Å². The summed E-state index contributed by atoms with van der Waals surface area (Å²) < 4.78 is 38.2. The van der Waals surface area contributed by atoms with E-state index in [4.69, 9.17) is 15.2 Å². The summed E-state index contributed by atoms with van der Waals surface area (Å²) in [7, 11) is -3.45. The molecule has 1 fully saturated rings. The lowest BCUT2D eigenvalue weighted by atomic mass is 10.1. The normalized spacial score (nSPS) is 16.6. The molecular formula is C17H29ClN2O4S. The van der Waals surface area contributed by atoms with Crippen LogP contribution in [0.15, 0.2) is 29.2 Å². The molecule has 0 amide bonds. The van der Waals surface area contributed by atoms with Gasteiger partial charge in [0.05, 0.1) is 17.1 Å². The first-order chi connectivity index (χ1) is 11.4. The Morgan fingerprint density at radius 2 is 1.80 bits per heavy atom. The Balaban J connectivity index is 0.00000312. The van der Waals surface area contributed by atoms with Gasteiger partial charge in [-0.25, -0.2) is 8.42 Å². The van der Waals surface area contributed by atoms with E-state index in [0.717, 1.165) is 19.3 Å². The van der Waals surface area contributed by atoms with Crippen LogP contribution < -0.4 is 10.5 Å². The van der Waals surface area contributed by atoms with Gasteiger partial charge < -0.3 is 15.2 Å². The molecule has 0 radical (unpaired) electrons. The van der Waals surface area contributed by atoms with Crippen molar-refractivity contribution in [2.75, 3.05) is 26.2 Å². The minimum Gasteiger partial charge on any atom is -0.491 e. The molecule has 144 valence electrons. The van der Waals surface area contributed by atoms with Crippen LogP contribution in [-0.2, 0) is 14.8 Å². The zero-order chi connectivity index (χ0) is 17.6. The monoisotopic (exact) mass is 392 g/mol. The maximum absolute atomic E-state index is 12.7. The minimum atomic E-state index is -3.45. The summed E-state index contributed by atoms with van der Waals surface area (Å²) >= 11 is 0. The zero-order valence-electron chi connectivity index (χ0n) is 14.9. The molecule has 0 atom stereocenters. The van der Waals surface area contributed by atoms with Gasteiger partial charge in [0.15, 0.2) is 0 Å². The van der Waals surface area contributed by atoms with Crippen molar-refractivity contribution in [1.82, 2.24) is 4.31 Å². The van der Waals surface area contributed by atoms with Crippen LogP contribution >= 0.6 is 12.4 Å². The van der Waals surface area contributed by atoms with Crippen LogP contribution in [0.4, 0.5) is 0 Å². The molecular weight excluding hydrogens is 364 g/mol.